The first-order chi connectivity index (χ1) is 16.0. The van der Waals surface area contributed by atoms with Crippen molar-refractivity contribution in [2.24, 2.45) is 11.3 Å². The minimum Gasteiger partial charge on any atom is -0.369 e. The minimum absolute atomic E-state index is 0.0312. The number of aryl methyl sites for hydroxylation is 1. The number of rotatable bonds is 6. The molecule has 2 N–H and O–H groups in total. The van der Waals surface area contributed by atoms with Crippen LogP contribution in [-0.2, 0) is 6.54 Å². The van der Waals surface area contributed by atoms with Gasteiger partial charge in [0.2, 0.25) is 0 Å². The van der Waals surface area contributed by atoms with E-state index in [2.05, 4.69) is 52.5 Å². The van der Waals surface area contributed by atoms with E-state index in [0.29, 0.717) is 18.0 Å². The molecule has 176 valence electrons. The van der Waals surface area contributed by atoms with Crippen LogP contribution >= 0.6 is 0 Å². The lowest BCUT2D eigenvalue weighted by Crippen LogP contribution is -2.59. The van der Waals surface area contributed by atoms with Crippen molar-refractivity contribution in [3.05, 3.63) is 65.2 Å². The van der Waals surface area contributed by atoms with Crippen molar-refractivity contribution in [1.29, 1.82) is 0 Å². The van der Waals surface area contributed by atoms with Gasteiger partial charge in [-0.1, -0.05) is 42.5 Å². The van der Waals surface area contributed by atoms with E-state index in [0.717, 1.165) is 37.4 Å². The Kier molecular flexibility index (Phi) is 6.33. The SMILES string of the molecule is Cc1cccc(N2CCN(CC3CC4(C3)CC(NC(=O)NCc3ccccc3)C4)CC2)c1C. The summed E-state index contributed by atoms with van der Waals surface area (Å²) in [5, 5.41) is 6.15. The summed E-state index contributed by atoms with van der Waals surface area (Å²) in [6.45, 7) is 10.9. The highest BCUT2D eigenvalue weighted by atomic mass is 16.2. The van der Waals surface area contributed by atoms with E-state index >= 15 is 0 Å². The summed E-state index contributed by atoms with van der Waals surface area (Å²) in [4.78, 5) is 17.4. The molecule has 5 rings (SSSR count). The van der Waals surface area contributed by atoms with Gasteiger partial charge in [-0.25, -0.2) is 4.79 Å². The zero-order chi connectivity index (χ0) is 22.8. The normalized spacial score (nSPS) is 27.0. The first kappa shape index (κ1) is 22.3. The molecule has 3 aliphatic rings. The van der Waals surface area contributed by atoms with Crippen molar-refractivity contribution in [3.8, 4) is 0 Å². The Hall–Kier alpha value is -2.53. The number of urea groups is 1. The highest BCUT2D eigenvalue weighted by Crippen LogP contribution is 2.58. The van der Waals surface area contributed by atoms with Crippen molar-refractivity contribution >= 4 is 11.7 Å². The van der Waals surface area contributed by atoms with E-state index < -0.39 is 0 Å². The Morgan fingerprint density at radius 3 is 2.39 bits per heavy atom. The van der Waals surface area contributed by atoms with Gasteiger partial charge in [0.15, 0.2) is 0 Å². The standard InChI is InChI=1S/C28H38N4O/c1-21-7-6-10-26(22(21)2)32-13-11-31(12-14-32)20-24-15-28(16-24)17-25(18-28)30-27(33)29-19-23-8-4-3-5-9-23/h3-10,24-25H,11-20H2,1-2H3,(H2,29,30,33). The number of nitrogens with one attached hydrogen (secondary N) is 2. The van der Waals surface area contributed by atoms with Gasteiger partial charge in [0, 0.05) is 51.0 Å². The fourth-order valence-electron chi connectivity index (χ4n) is 6.34. The molecule has 1 aliphatic heterocycles. The molecule has 1 spiro atoms. The lowest BCUT2D eigenvalue weighted by atomic mass is 9.50. The van der Waals surface area contributed by atoms with Crippen LogP contribution in [0.15, 0.2) is 48.5 Å². The number of carbonyl (C=O) groups is 1. The largest absolute Gasteiger partial charge is 0.369 e. The predicted molar refractivity (Wildman–Crippen MR) is 135 cm³/mol. The highest BCUT2D eigenvalue weighted by Gasteiger charge is 2.53. The number of hydrogen-bond acceptors (Lipinski definition) is 3. The zero-order valence-corrected chi connectivity index (χ0v) is 20.1. The van der Waals surface area contributed by atoms with Gasteiger partial charge >= 0.3 is 6.03 Å². The molecule has 0 radical (unpaired) electrons. The molecule has 0 unspecified atom stereocenters. The number of carbonyl (C=O) groups excluding carboxylic acids is 1. The van der Waals surface area contributed by atoms with Crippen LogP contribution < -0.4 is 15.5 Å². The molecule has 33 heavy (non-hydrogen) atoms. The van der Waals surface area contributed by atoms with E-state index in [9.17, 15) is 4.79 Å². The van der Waals surface area contributed by atoms with E-state index in [1.54, 1.807) is 0 Å². The van der Waals surface area contributed by atoms with Crippen LogP contribution in [-0.4, -0.2) is 49.7 Å². The number of hydrogen-bond donors (Lipinski definition) is 2. The van der Waals surface area contributed by atoms with Gasteiger partial charge in [0.05, 0.1) is 0 Å². The molecule has 0 bridgehead atoms. The van der Waals surface area contributed by atoms with E-state index in [4.69, 9.17) is 0 Å². The molecule has 0 aromatic heterocycles. The second-order valence-electron chi connectivity index (χ2n) is 10.7. The van der Waals surface area contributed by atoms with Crippen LogP contribution in [0.4, 0.5) is 10.5 Å². The Morgan fingerprint density at radius 1 is 0.939 bits per heavy atom. The average Bonchev–Trinajstić information content (AvgIpc) is 2.78. The summed E-state index contributed by atoms with van der Waals surface area (Å²) < 4.78 is 0. The quantitative estimate of drug-likeness (QED) is 0.688. The number of amides is 2. The van der Waals surface area contributed by atoms with Gasteiger partial charge < -0.3 is 15.5 Å². The Balaban J connectivity index is 0.983. The van der Waals surface area contributed by atoms with Crippen LogP contribution in [0.25, 0.3) is 0 Å². The third-order valence-corrected chi connectivity index (χ3v) is 8.24. The van der Waals surface area contributed by atoms with Crippen molar-refractivity contribution in [2.45, 2.75) is 52.1 Å². The maximum Gasteiger partial charge on any atom is 0.315 e. The Labute approximate surface area is 198 Å². The van der Waals surface area contributed by atoms with Crippen LogP contribution in [0.1, 0.15) is 42.4 Å². The lowest BCUT2D eigenvalue weighted by molar-refractivity contribution is -0.0568. The van der Waals surface area contributed by atoms with Gasteiger partial charge in [-0.3, -0.25) is 4.90 Å². The molecule has 2 amide bonds. The van der Waals surface area contributed by atoms with Gasteiger partial charge in [0.1, 0.15) is 0 Å². The van der Waals surface area contributed by atoms with Crippen molar-refractivity contribution in [3.63, 3.8) is 0 Å². The van der Waals surface area contributed by atoms with E-state index in [1.807, 2.05) is 30.3 Å². The first-order valence-corrected chi connectivity index (χ1v) is 12.6. The van der Waals surface area contributed by atoms with E-state index in [1.165, 1.54) is 49.3 Å². The van der Waals surface area contributed by atoms with Gasteiger partial charge in [-0.2, -0.15) is 0 Å². The fraction of sp³-hybridized carbons (Fsp3) is 0.536. The second-order valence-corrected chi connectivity index (χ2v) is 10.7. The summed E-state index contributed by atoms with van der Waals surface area (Å²) in [5.41, 5.74) is 5.88. The monoisotopic (exact) mass is 446 g/mol. The highest BCUT2D eigenvalue weighted by molar-refractivity contribution is 5.74. The molecule has 1 saturated heterocycles. The molecule has 5 nitrogen and oxygen atoms in total. The third kappa shape index (κ3) is 5.03. The van der Waals surface area contributed by atoms with Crippen molar-refractivity contribution in [1.82, 2.24) is 15.5 Å². The summed E-state index contributed by atoms with van der Waals surface area (Å²) >= 11 is 0. The molecule has 2 aliphatic carbocycles. The molecule has 2 aromatic rings. The van der Waals surface area contributed by atoms with E-state index in [-0.39, 0.29) is 6.03 Å². The zero-order valence-electron chi connectivity index (χ0n) is 20.1. The molecular formula is C28H38N4O. The molecule has 0 atom stereocenters. The van der Waals surface area contributed by atoms with Crippen LogP contribution in [0.3, 0.4) is 0 Å². The average molecular weight is 447 g/mol. The van der Waals surface area contributed by atoms with Gasteiger partial charge in [-0.15, -0.1) is 0 Å². The fourth-order valence-corrected chi connectivity index (χ4v) is 6.34. The Bertz CT molecular complexity index is 953. The summed E-state index contributed by atoms with van der Waals surface area (Å²) in [7, 11) is 0. The molecule has 1 heterocycles. The Morgan fingerprint density at radius 2 is 1.67 bits per heavy atom. The number of nitrogens with zero attached hydrogens (tertiary/aromatic N) is 2. The maximum absolute atomic E-state index is 12.2. The summed E-state index contributed by atoms with van der Waals surface area (Å²) in [6.07, 6.45) is 4.99. The smallest absolute Gasteiger partial charge is 0.315 e. The molecule has 2 aromatic carbocycles. The van der Waals surface area contributed by atoms with Crippen molar-refractivity contribution in [2.75, 3.05) is 37.6 Å². The lowest BCUT2D eigenvalue weighted by Gasteiger charge is -2.58. The van der Waals surface area contributed by atoms with Crippen molar-refractivity contribution < 1.29 is 4.79 Å². The second kappa shape index (κ2) is 9.38. The third-order valence-electron chi connectivity index (χ3n) is 8.24. The van der Waals surface area contributed by atoms with Crippen LogP contribution in [0, 0.1) is 25.2 Å². The first-order valence-electron chi connectivity index (χ1n) is 12.6. The molecule has 3 fully saturated rings. The molecule has 5 heteroatoms. The number of piperazine rings is 1. The summed E-state index contributed by atoms with van der Waals surface area (Å²) in [6, 6.07) is 17.1. The number of anilines is 1. The van der Waals surface area contributed by atoms with Gasteiger partial charge in [0.25, 0.3) is 0 Å². The minimum atomic E-state index is -0.0312. The number of benzene rings is 2. The van der Waals surface area contributed by atoms with Crippen LogP contribution in [0.5, 0.6) is 0 Å². The topological polar surface area (TPSA) is 47.6 Å². The van der Waals surface area contributed by atoms with Crippen LogP contribution in [0.2, 0.25) is 0 Å². The maximum atomic E-state index is 12.2. The molecular weight excluding hydrogens is 408 g/mol. The summed E-state index contributed by atoms with van der Waals surface area (Å²) in [5.74, 6) is 0.838. The van der Waals surface area contributed by atoms with Gasteiger partial charge in [-0.05, 0) is 73.6 Å². The predicted octanol–water partition coefficient (Wildman–Crippen LogP) is 4.48. The molecule has 2 saturated carbocycles.